The van der Waals surface area contributed by atoms with Gasteiger partial charge in [-0.25, -0.2) is 0 Å². The quantitative estimate of drug-likeness (QED) is 0.845. The number of carbonyl (C=O) groups excluding carboxylic acids is 1. The molecule has 0 atom stereocenters. The molecule has 0 bridgehead atoms. The van der Waals surface area contributed by atoms with Crippen molar-refractivity contribution in [2.45, 2.75) is 6.54 Å². The van der Waals surface area contributed by atoms with E-state index in [4.69, 9.17) is 0 Å². The Kier molecular flexibility index (Phi) is 3.46. The van der Waals surface area contributed by atoms with Crippen LogP contribution in [0.2, 0.25) is 0 Å². The Morgan fingerprint density at radius 3 is 2.94 bits per heavy atom. The van der Waals surface area contributed by atoms with Gasteiger partial charge in [-0.1, -0.05) is 0 Å². The zero-order valence-electron chi connectivity index (χ0n) is 9.51. The van der Waals surface area contributed by atoms with Crippen LogP contribution in [0.5, 0.6) is 0 Å². The fourth-order valence-electron chi connectivity index (χ4n) is 1.47. The Labute approximate surface area is 112 Å². The minimum atomic E-state index is -0.0856. The molecule has 2 aromatic rings. The van der Waals surface area contributed by atoms with E-state index < -0.39 is 0 Å². The van der Waals surface area contributed by atoms with E-state index in [2.05, 4.69) is 37.9 Å². The normalized spacial score (nSPS) is 10.5. The predicted molar refractivity (Wildman–Crippen MR) is 70.3 cm³/mol. The van der Waals surface area contributed by atoms with Crippen LogP contribution in [0.4, 0.5) is 0 Å². The molecule has 6 nitrogen and oxygen atoms in total. The first kappa shape index (κ1) is 12.1. The number of aryl methyl sites for hydroxylation is 1. The van der Waals surface area contributed by atoms with Crippen molar-refractivity contribution in [3.63, 3.8) is 0 Å². The molecule has 1 N–H and O–H groups in total. The van der Waals surface area contributed by atoms with E-state index in [1.807, 2.05) is 19.3 Å². The van der Waals surface area contributed by atoms with Gasteiger partial charge in [0.05, 0.1) is 22.0 Å². The number of hydrogen-bond acceptors (Lipinski definition) is 3. The highest BCUT2D eigenvalue weighted by molar-refractivity contribution is 14.1. The van der Waals surface area contributed by atoms with Crippen LogP contribution in [-0.4, -0.2) is 37.8 Å². The maximum absolute atomic E-state index is 12.1. The molecule has 2 heterocycles. The minimum Gasteiger partial charge on any atom is -0.334 e. The van der Waals surface area contributed by atoms with Crippen molar-refractivity contribution in [3.8, 4) is 0 Å². The molecule has 0 fully saturated rings. The second-order valence-electron chi connectivity index (χ2n) is 3.73. The molecule has 2 aromatic heterocycles. The van der Waals surface area contributed by atoms with E-state index in [-0.39, 0.29) is 5.91 Å². The van der Waals surface area contributed by atoms with Crippen LogP contribution in [0.25, 0.3) is 0 Å². The predicted octanol–water partition coefficient (Wildman–Crippen LogP) is 1.02. The van der Waals surface area contributed by atoms with Gasteiger partial charge in [0, 0.05) is 20.3 Å². The van der Waals surface area contributed by atoms with Gasteiger partial charge in [0.25, 0.3) is 5.91 Å². The van der Waals surface area contributed by atoms with Crippen LogP contribution < -0.4 is 0 Å². The smallest absolute Gasteiger partial charge is 0.273 e. The number of halogens is 1. The first-order valence-corrected chi connectivity index (χ1v) is 6.08. The molecule has 7 heteroatoms. The van der Waals surface area contributed by atoms with Crippen LogP contribution >= 0.6 is 22.6 Å². The Bertz CT molecular complexity index is 532. The molecule has 90 valence electrons. The van der Waals surface area contributed by atoms with E-state index in [0.29, 0.717) is 12.2 Å². The van der Waals surface area contributed by atoms with Crippen LogP contribution in [0.3, 0.4) is 0 Å². The molecule has 17 heavy (non-hydrogen) atoms. The number of nitrogens with one attached hydrogen (secondary N) is 1. The molecule has 0 aliphatic carbocycles. The Morgan fingerprint density at radius 1 is 1.65 bits per heavy atom. The number of aromatic amines is 1. The third-order valence-electron chi connectivity index (χ3n) is 2.32. The third-order valence-corrected chi connectivity index (χ3v) is 3.14. The number of hydrogen-bond donors (Lipinski definition) is 1. The summed E-state index contributed by atoms with van der Waals surface area (Å²) in [5.74, 6) is -0.0856. The van der Waals surface area contributed by atoms with Crippen molar-refractivity contribution >= 4 is 28.5 Å². The Hall–Kier alpha value is -1.38. The zero-order valence-corrected chi connectivity index (χ0v) is 11.7. The summed E-state index contributed by atoms with van der Waals surface area (Å²) in [6.07, 6.45) is 3.48. The zero-order chi connectivity index (χ0) is 12.4. The molecule has 0 saturated carbocycles. The highest BCUT2D eigenvalue weighted by Crippen LogP contribution is 2.11. The topological polar surface area (TPSA) is 66.8 Å². The standard InChI is InChI=1S/C10H12IN5O/c1-15(6-7-3-4-16(2)14-7)10(17)9-8(11)5-12-13-9/h3-5H,6H2,1-2H3,(H,12,13). The fourth-order valence-corrected chi connectivity index (χ4v) is 1.97. The highest BCUT2D eigenvalue weighted by Gasteiger charge is 2.17. The molecule has 0 aliphatic heterocycles. The summed E-state index contributed by atoms with van der Waals surface area (Å²) in [5, 5.41) is 10.8. The molecule has 0 aromatic carbocycles. The molecule has 1 amide bonds. The van der Waals surface area contributed by atoms with E-state index in [1.165, 1.54) is 0 Å². The number of nitrogens with zero attached hydrogens (tertiary/aromatic N) is 4. The number of carbonyl (C=O) groups is 1. The average molecular weight is 345 g/mol. The second kappa shape index (κ2) is 4.86. The number of rotatable bonds is 3. The molecular formula is C10H12IN5O. The lowest BCUT2D eigenvalue weighted by Gasteiger charge is -2.14. The minimum absolute atomic E-state index is 0.0856. The molecular weight excluding hydrogens is 333 g/mol. The third kappa shape index (κ3) is 2.65. The maximum Gasteiger partial charge on any atom is 0.273 e. The SMILES string of the molecule is CN(Cc1ccn(C)n1)C(=O)c1[nH]ncc1I. The van der Waals surface area contributed by atoms with Crippen LogP contribution in [0, 0.1) is 3.57 Å². The monoisotopic (exact) mass is 345 g/mol. The van der Waals surface area contributed by atoms with Crippen LogP contribution in [0.1, 0.15) is 16.2 Å². The molecule has 2 rings (SSSR count). The van der Waals surface area contributed by atoms with E-state index >= 15 is 0 Å². The summed E-state index contributed by atoms with van der Waals surface area (Å²) in [6.45, 7) is 0.481. The van der Waals surface area contributed by atoms with Gasteiger partial charge in [-0.2, -0.15) is 10.2 Å². The summed E-state index contributed by atoms with van der Waals surface area (Å²) >= 11 is 2.08. The van der Waals surface area contributed by atoms with Crippen molar-refractivity contribution in [2.75, 3.05) is 7.05 Å². The summed E-state index contributed by atoms with van der Waals surface area (Å²) < 4.78 is 2.54. The van der Waals surface area contributed by atoms with Crippen LogP contribution in [-0.2, 0) is 13.6 Å². The van der Waals surface area contributed by atoms with Crippen molar-refractivity contribution in [1.82, 2.24) is 24.9 Å². The Morgan fingerprint density at radius 2 is 2.41 bits per heavy atom. The summed E-state index contributed by atoms with van der Waals surface area (Å²) in [5.41, 5.74) is 1.38. The van der Waals surface area contributed by atoms with Crippen molar-refractivity contribution in [3.05, 3.63) is 33.4 Å². The molecule has 0 radical (unpaired) electrons. The van der Waals surface area contributed by atoms with Gasteiger partial charge in [-0.3, -0.25) is 14.6 Å². The lowest BCUT2D eigenvalue weighted by molar-refractivity contribution is 0.0776. The number of aromatic nitrogens is 4. The Balaban J connectivity index is 2.08. The number of H-pyrrole nitrogens is 1. The molecule has 0 unspecified atom stereocenters. The van der Waals surface area contributed by atoms with E-state index in [0.717, 1.165) is 9.26 Å². The first-order chi connectivity index (χ1) is 8.08. The van der Waals surface area contributed by atoms with E-state index in [9.17, 15) is 4.79 Å². The summed E-state index contributed by atoms with van der Waals surface area (Å²) in [6, 6.07) is 1.89. The van der Waals surface area contributed by atoms with Crippen molar-refractivity contribution < 1.29 is 4.79 Å². The summed E-state index contributed by atoms with van der Waals surface area (Å²) in [4.78, 5) is 13.7. The molecule has 0 saturated heterocycles. The summed E-state index contributed by atoms with van der Waals surface area (Å²) in [7, 11) is 3.59. The van der Waals surface area contributed by atoms with Gasteiger partial charge in [0.2, 0.25) is 0 Å². The molecule has 0 aliphatic rings. The van der Waals surface area contributed by atoms with Crippen molar-refractivity contribution in [2.24, 2.45) is 7.05 Å². The lowest BCUT2D eigenvalue weighted by atomic mass is 10.3. The van der Waals surface area contributed by atoms with Gasteiger partial charge in [-0.05, 0) is 28.7 Å². The largest absolute Gasteiger partial charge is 0.334 e. The highest BCUT2D eigenvalue weighted by atomic mass is 127. The van der Waals surface area contributed by atoms with E-state index in [1.54, 1.807) is 22.8 Å². The maximum atomic E-state index is 12.1. The van der Waals surface area contributed by atoms with Crippen molar-refractivity contribution in [1.29, 1.82) is 0 Å². The lowest BCUT2D eigenvalue weighted by Crippen LogP contribution is -2.27. The average Bonchev–Trinajstić information content (AvgIpc) is 2.86. The second-order valence-corrected chi connectivity index (χ2v) is 4.90. The first-order valence-electron chi connectivity index (χ1n) is 5.01. The fraction of sp³-hybridized carbons (Fsp3) is 0.300. The molecule has 0 spiro atoms. The van der Waals surface area contributed by atoms with Gasteiger partial charge < -0.3 is 4.90 Å². The van der Waals surface area contributed by atoms with Gasteiger partial charge in [0.15, 0.2) is 0 Å². The van der Waals surface area contributed by atoms with Gasteiger partial charge >= 0.3 is 0 Å². The van der Waals surface area contributed by atoms with Crippen LogP contribution in [0.15, 0.2) is 18.5 Å². The van der Waals surface area contributed by atoms with Gasteiger partial charge in [-0.15, -0.1) is 0 Å². The number of amides is 1. The van der Waals surface area contributed by atoms with Gasteiger partial charge in [0.1, 0.15) is 5.69 Å².